The Kier molecular flexibility index (Phi) is 4.62. The molecule has 0 bridgehead atoms. The van der Waals surface area contributed by atoms with E-state index >= 15 is 0 Å². The third kappa shape index (κ3) is 4.12. The summed E-state index contributed by atoms with van der Waals surface area (Å²) >= 11 is 0. The van der Waals surface area contributed by atoms with Crippen molar-refractivity contribution in [1.82, 2.24) is 25.0 Å². The van der Waals surface area contributed by atoms with Gasteiger partial charge < -0.3 is 4.90 Å². The molecule has 2 aromatic heterocycles. The summed E-state index contributed by atoms with van der Waals surface area (Å²) < 4.78 is 0. The molecule has 0 spiro atoms. The fraction of sp³-hybridized carbons (Fsp3) is 0.500. The molecule has 2 aromatic rings. The highest BCUT2D eigenvalue weighted by Crippen LogP contribution is 2.19. The van der Waals surface area contributed by atoms with Gasteiger partial charge in [0, 0.05) is 50.5 Å². The van der Waals surface area contributed by atoms with Crippen molar-refractivity contribution < 1.29 is 0 Å². The van der Waals surface area contributed by atoms with Gasteiger partial charge in [0.05, 0.1) is 0 Å². The molecule has 0 radical (unpaired) electrons. The Morgan fingerprint density at radius 2 is 2.33 bits per heavy atom. The van der Waals surface area contributed by atoms with Gasteiger partial charge in [-0.3, -0.25) is 15.0 Å². The van der Waals surface area contributed by atoms with Crippen LogP contribution in [-0.4, -0.2) is 51.7 Å². The predicted molar refractivity (Wildman–Crippen MR) is 82.5 cm³/mol. The summed E-state index contributed by atoms with van der Waals surface area (Å²) in [6, 6.07) is 6.20. The predicted octanol–water partition coefficient (Wildman–Crippen LogP) is 1.76. The lowest BCUT2D eigenvalue weighted by atomic mass is 10.1. The van der Waals surface area contributed by atoms with Gasteiger partial charge in [-0.25, -0.2) is 0 Å². The Balaban J connectivity index is 1.44. The highest BCUT2D eigenvalue weighted by atomic mass is 15.2. The van der Waals surface area contributed by atoms with Crippen molar-refractivity contribution in [2.45, 2.75) is 19.5 Å². The van der Waals surface area contributed by atoms with Gasteiger partial charge in [0.15, 0.2) is 0 Å². The molecule has 0 aromatic carbocycles. The number of hydrogen-bond donors (Lipinski definition) is 1. The van der Waals surface area contributed by atoms with Crippen LogP contribution in [0.4, 0.5) is 0 Å². The van der Waals surface area contributed by atoms with Crippen LogP contribution in [0, 0.1) is 5.92 Å². The Hall–Kier alpha value is -1.72. The van der Waals surface area contributed by atoms with Crippen LogP contribution in [0.1, 0.15) is 17.7 Å². The molecular formula is C16H23N5. The van der Waals surface area contributed by atoms with Crippen LogP contribution < -0.4 is 0 Å². The van der Waals surface area contributed by atoms with Crippen molar-refractivity contribution in [3.63, 3.8) is 0 Å². The molecule has 1 saturated heterocycles. The van der Waals surface area contributed by atoms with Gasteiger partial charge in [0.1, 0.15) is 0 Å². The van der Waals surface area contributed by atoms with Gasteiger partial charge in [-0.15, -0.1) is 0 Å². The Morgan fingerprint density at radius 3 is 3.10 bits per heavy atom. The summed E-state index contributed by atoms with van der Waals surface area (Å²) in [5.41, 5.74) is 2.49. The van der Waals surface area contributed by atoms with E-state index in [0.29, 0.717) is 0 Å². The number of pyridine rings is 1. The zero-order valence-electron chi connectivity index (χ0n) is 12.6. The molecule has 21 heavy (non-hydrogen) atoms. The van der Waals surface area contributed by atoms with E-state index in [0.717, 1.165) is 25.6 Å². The van der Waals surface area contributed by atoms with Crippen LogP contribution in [0.25, 0.3) is 0 Å². The molecule has 5 nitrogen and oxygen atoms in total. The molecule has 0 saturated carbocycles. The summed E-state index contributed by atoms with van der Waals surface area (Å²) in [4.78, 5) is 9.09. The number of hydrogen-bond acceptors (Lipinski definition) is 4. The maximum atomic E-state index is 4.18. The van der Waals surface area contributed by atoms with Crippen molar-refractivity contribution in [2.24, 2.45) is 5.92 Å². The van der Waals surface area contributed by atoms with Gasteiger partial charge in [-0.1, -0.05) is 6.07 Å². The zero-order chi connectivity index (χ0) is 14.5. The Morgan fingerprint density at radius 1 is 1.38 bits per heavy atom. The lowest BCUT2D eigenvalue weighted by Crippen LogP contribution is -2.28. The fourth-order valence-corrected chi connectivity index (χ4v) is 3.13. The molecule has 5 heteroatoms. The average Bonchev–Trinajstić information content (AvgIpc) is 3.13. The minimum absolute atomic E-state index is 0.759. The maximum Gasteiger partial charge on any atom is 0.0492 e. The van der Waals surface area contributed by atoms with E-state index in [1.54, 1.807) is 0 Å². The summed E-state index contributed by atoms with van der Waals surface area (Å²) in [5.74, 6) is 0.759. The van der Waals surface area contributed by atoms with Crippen LogP contribution in [0.2, 0.25) is 0 Å². The highest BCUT2D eigenvalue weighted by Gasteiger charge is 2.23. The standard InChI is InChI=1S/C16H23N5/c1-20(10-14-3-2-6-17-9-14)11-15-5-8-21(12-15)13-16-4-7-18-19-16/h2-4,6-7,9,15H,5,8,10-13H2,1H3,(H,18,19). The molecule has 112 valence electrons. The molecule has 1 N–H and O–H groups in total. The first-order chi connectivity index (χ1) is 10.3. The van der Waals surface area contributed by atoms with Crippen LogP contribution >= 0.6 is 0 Å². The van der Waals surface area contributed by atoms with Crippen molar-refractivity contribution in [3.05, 3.63) is 48.0 Å². The zero-order valence-corrected chi connectivity index (χ0v) is 12.6. The highest BCUT2D eigenvalue weighted by molar-refractivity contribution is 5.08. The minimum Gasteiger partial charge on any atom is -0.302 e. The lowest BCUT2D eigenvalue weighted by Gasteiger charge is -2.21. The fourth-order valence-electron chi connectivity index (χ4n) is 3.13. The molecule has 1 aliphatic heterocycles. The second kappa shape index (κ2) is 6.83. The van der Waals surface area contributed by atoms with E-state index in [9.17, 15) is 0 Å². The van der Waals surface area contributed by atoms with Crippen LogP contribution in [0.15, 0.2) is 36.8 Å². The molecule has 1 unspecified atom stereocenters. The second-order valence-corrected chi connectivity index (χ2v) is 6.03. The molecule has 0 aliphatic carbocycles. The Labute approximate surface area is 126 Å². The molecular weight excluding hydrogens is 262 g/mol. The van der Waals surface area contributed by atoms with Crippen LogP contribution in [0.5, 0.6) is 0 Å². The molecule has 0 amide bonds. The van der Waals surface area contributed by atoms with Gasteiger partial charge >= 0.3 is 0 Å². The quantitative estimate of drug-likeness (QED) is 0.878. The number of likely N-dealkylation sites (tertiary alicyclic amines) is 1. The molecule has 3 heterocycles. The lowest BCUT2D eigenvalue weighted by molar-refractivity contribution is 0.253. The first kappa shape index (κ1) is 14.2. The largest absolute Gasteiger partial charge is 0.302 e. The monoisotopic (exact) mass is 285 g/mol. The number of rotatable bonds is 6. The van der Waals surface area contributed by atoms with E-state index in [4.69, 9.17) is 0 Å². The SMILES string of the molecule is CN(Cc1cccnc1)CC1CCN(Cc2ccn[nH]2)C1. The van der Waals surface area contributed by atoms with Gasteiger partial charge in [-0.05, 0) is 43.6 Å². The van der Waals surface area contributed by atoms with E-state index in [1.165, 1.54) is 30.8 Å². The van der Waals surface area contributed by atoms with Crippen molar-refractivity contribution in [2.75, 3.05) is 26.7 Å². The van der Waals surface area contributed by atoms with E-state index in [2.05, 4.69) is 44.2 Å². The van der Waals surface area contributed by atoms with E-state index < -0.39 is 0 Å². The molecule has 1 aliphatic rings. The normalized spacial score (nSPS) is 19.4. The number of aromatic nitrogens is 3. The van der Waals surface area contributed by atoms with E-state index in [-0.39, 0.29) is 0 Å². The third-order valence-electron chi connectivity index (χ3n) is 4.07. The van der Waals surface area contributed by atoms with Crippen molar-refractivity contribution in [3.8, 4) is 0 Å². The summed E-state index contributed by atoms with van der Waals surface area (Å²) in [5, 5.41) is 7.06. The first-order valence-corrected chi connectivity index (χ1v) is 7.57. The first-order valence-electron chi connectivity index (χ1n) is 7.57. The topological polar surface area (TPSA) is 48.1 Å². The number of nitrogens with zero attached hydrogens (tertiary/aromatic N) is 4. The average molecular weight is 285 g/mol. The molecule has 3 rings (SSSR count). The summed E-state index contributed by atoms with van der Waals surface area (Å²) in [7, 11) is 2.20. The maximum absolute atomic E-state index is 4.18. The minimum atomic E-state index is 0.759. The van der Waals surface area contributed by atoms with Crippen LogP contribution in [-0.2, 0) is 13.1 Å². The Bertz CT molecular complexity index is 525. The van der Waals surface area contributed by atoms with Crippen molar-refractivity contribution >= 4 is 0 Å². The second-order valence-electron chi connectivity index (χ2n) is 6.03. The van der Waals surface area contributed by atoms with Gasteiger partial charge in [0.25, 0.3) is 0 Å². The van der Waals surface area contributed by atoms with E-state index in [1.807, 2.05) is 24.7 Å². The summed E-state index contributed by atoms with van der Waals surface area (Å²) in [6.07, 6.45) is 6.89. The molecule has 1 fully saturated rings. The summed E-state index contributed by atoms with van der Waals surface area (Å²) in [6.45, 7) is 5.48. The number of aromatic amines is 1. The number of H-pyrrole nitrogens is 1. The number of nitrogens with one attached hydrogen (secondary N) is 1. The van der Waals surface area contributed by atoms with Gasteiger partial charge in [0.2, 0.25) is 0 Å². The smallest absolute Gasteiger partial charge is 0.0492 e. The van der Waals surface area contributed by atoms with Gasteiger partial charge in [-0.2, -0.15) is 5.10 Å². The van der Waals surface area contributed by atoms with Crippen molar-refractivity contribution in [1.29, 1.82) is 0 Å². The third-order valence-corrected chi connectivity index (χ3v) is 4.07. The molecule has 1 atom stereocenters. The van der Waals surface area contributed by atoms with Crippen LogP contribution in [0.3, 0.4) is 0 Å².